The Hall–Kier alpha value is -0.300. The number of hydrogen-bond acceptors (Lipinski definition) is 1. The molecule has 1 fully saturated rings. The quantitative estimate of drug-likeness (QED) is 0.606. The van der Waals surface area contributed by atoms with Crippen LogP contribution < -0.4 is 0 Å². The Labute approximate surface area is 69.1 Å². The molecule has 1 heteroatoms. The van der Waals surface area contributed by atoms with Crippen LogP contribution in [0.25, 0.3) is 0 Å². The zero-order valence-corrected chi connectivity index (χ0v) is 7.51. The van der Waals surface area contributed by atoms with Gasteiger partial charge in [0.2, 0.25) is 0 Å². The Morgan fingerprint density at radius 2 is 2.18 bits per heavy atom. The minimum atomic E-state index is -0.0226. The van der Waals surface area contributed by atoms with Gasteiger partial charge in [-0.15, -0.1) is 0 Å². The Morgan fingerprint density at radius 1 is 1.45 bits per heavy atom. The average Bonchev–Trinajstić information content (AvgIpc) is 2.31. The summed E-state index contributed by atoms with van der Waals surface area (Å²) in [5, 5.41) is 9.47. The molecule has 1 saturated carbocycles. The van der Waals surface area contributed by atoms with Crippen molar-refractivity contribution in [1.29, 1.82) is 0 Å². The van der Waals surface area contributed by atoms with Crippen LogP contribution in [0.5, 0.6) is 0 Å². The lowest BCUT2D eigenvalue weighted by Gasteiger charge is -2.11. The van der Waals surface area contributed by atoms with E-state index in [4.69, 9.17) is 0 Å². The predicted octanol–water partition coefficient (Wildman–Crippen LogP) is 2.50. The van der Waals surface area contributed by atoms with Crippen LogP contribution in [0.4, 0.5) is 0 Å². The van der Waals surface area contributed by atoms with Crippen LogP contribution in [0.2, 0.25) is 0 Å². The van der Waals surface area contributed by atoms with Crippen molar-refractivity contribution in [2.75, 3.05) is 0 Å². The van der Waals surface area contributed by atoms with E-state index in [1.54, 1.807) is 0 Å². The molecular formula is C10H18O. The van der Waals surface area contributed by atoms with Crippen LogP contribution in [-0.2, 0) is 0 Å². The van der Waals surface area contributed by atoms with Crippen LogP contribution in [0.3, 0.4) is 0 Å². The first-order valence-electron chi connectivity index (χ1n) is 4.51. The van der Waals surface area contributed by atoms with Crippen molar-refractivity contribution in [3.8, 4) is 0 Å². The largest absolute Gasteiger partial charge is 0.393 e. The molecule has 0 bridgehead atoms. The maximum absolute atomic E-state index is 9.47. The second-order valence-electron chi connectivity index (χ2n) is 3.78. The molecule has 0 heterocycles. The van der Waals surface area contributed by atoms with Crippen molar-refractivity contribution in [3.63, 3.8) is 0 Å². The van der Waals surface area contributed by atoms with Crippen LogP contribution in [0.15, 0.2) is 11.6 Å². The van der Waals surface area contributed by atoms with Crippen LogP contribution in [0.1, 0.15) is 39.5 Å². The van der Waals surface area contributed by atoms with E-state index < -0.39 is 0 Å². The first kappa shape index (κ1) is 8.79. The van der Waals surface area contributed by atoms with E-state index in [0.717, 1.165) is 12.8 Å². The molecule has 1 N–H and O–H groups in total. The summed E-state index contributed by atoms with van der Waals surface area (Å²) in [7, 11) is 0. The standard InChI is InChI=1S/C10H18O/c1-8(2)6-7-9-4-3-5-10(9)11/h6,9-11H,3-5,7H2,1-2H3. The highest BCUT2D eigenvalue weighted by Gasteiger charge is 2.23. The molecule has 0 amide bonds. The van der Waals surface area contributed by atoms with Gasteiger partial charge in [0.15, 0.2) is 0 Å². The second-order valence-corrected chi connectivity index (χ2v) is 3.78. The Morgan fingerprint density at radius 3 is 2.64 bits per heavy atom. The first-order chi connectivity index (χ1) is 5.20. The Bertz CT molecular complexity index is 145. The van der Waals surface area contributed by atoms with Crippen molar-refractivity contribution >= 4 is 0 Å². The molecule has 0 radical (unpaired) electrons. The molecule has 1 aliphatic carbocycles. The summed E-state index contributed by atoms with van der Waals surface area (Å²) >= 11 is 0. The second kappa shape index (κ2) is 3.91. The van der Waals surface area contributed by atoms with Gasteiger partial charge >= 0.3 is 0 Å². The topological polar surface area (TPSA) is 20.2 Å². The van der Waals surface area contributed by atoms with E-state index >= 15 is 0 Å². The third kappa shape index (κ3) is 2.66. The maximum Gasteiger partial charge on any atom is 0.0571 e. The molecular weight excluding hydrogens is 136 g/mol. The van der Waals surface area contributed by atoms with Gasteiger partial charge in [-0.3, -0.25) is 0 Å². The third-order valence-corrected chi connectivity index (χ3v) is 2.45. The zero-order valence-electron chi connectivity index (χ0n) is 7.51. The SMILES string of the molecule is CC(C)=CCC1CCCC1O. The number of hydrogen-bond donors (Lipinski definition) is 1. The summed E-state index contributed by atoms with van der Waals surface area (Å²) in [6.07, 6.45) is 6.72. The zero-order chi connectivity index (χ0) is 8.27. The fourth-order valence-electron chi connectivity index (χ4n) is 1.68. The van der Waals surface area contributed by atoms with E-state index in [0.29, 0.717) is 5.92 Å². The van der Waals surface area contributed by atoms with Crippen molar-refractivity contribution in [2.45, 2.75) is 45.6 Å². The van der Waals surface area contributed by atoms with Crippen LogP contribution in [-0.4, -0.2) is 11.2 Å². The molecule has 2 atom stereocenters. The molecule has 2 unspecified atom stereocenters. The van der Waals surface area contributed by atoms with Crippen molar-refractivity contribution in [3.05, 3.63) is 11.6 Å². The van der Waals surface area contributed by atoms with Gasteiger partial charge in [0, 0.05) is 0 Å². The number of allylic oxidation sites excluding steroid dienone is 2. The molecule has 0 aliphatic heterocycles. The lowest BCUT2D eigenvalue weighted by Crippen LogP contribution is -2.11. The molecule has 1 rings (SSSR count). The van der Waals surface area contributed by atoms with Gasteiger partial charge in [0.1, 0.15) is 0 Å². The minimum Gasteiger partial charge on any atom is -0.393 e. The van der Waals surface area contributed by atoms with Gasteiger partial charge in [-0.1, -0.05) is 18.1 Å². The molecule has 1 nitrogen and oxygen atoms in total. The summed E-state index contributed by atoms with van der Waals surface area (Å²) in [6.45, 7) is 4.22. The highest BCUT2D eigenvalue weighted by atomic mass is 16.3. The van der Waals surface area contributed by atoms with Crippen LogP contribution >= 0.6 is 0 Å². The highest BCUT2D eigenvalue weighted by molar-refractivity contribution is 4.95. The normalized spacial score (nSPS) is 30.5. The molecule has 11 heavy (non-hydrogen) atoms. The minimum absolute atomic E-state index is 0.0226. The molecule has 0 aromatic rings. The van der Waals surface area contributed by atoms with E-state index in [9.17, 15) is 5.11 Å². The lowest BCUT2D eigenvalue weighted by atomic mass is 10.0. The lowest BCUT2D eigenvalue weighted by molar-refractivity contribution is 0.134. The van der Waals surface area contributed by atoms with E-state index in [-0.39, 0.29) is 6.10 Å². The average molecular weight is 154 g/mol. The Kier molecular flexibility index (Phi) is 3.13. The van der Waals surface area contributed by atoms with Gasteiger partial charge in [0.25, 0.3) is 0 Å². The van der Waals surface area contributed by atoms with Crippen molar-refractivity contribution in [1.82, 2.24) is 0 Å². The summed E-state index contributed by atoms with van der Waals surface area (Å²) in [6, 6.07) is 0. The molecule has 0 saturated heterocycles. The smallest absolute Gasteiger partial charge is 0.0571 e. The first-order valence-corrected chi connectivity index (χ1v) is 4.51. The van der Waals surface area contributed by atoms with Crippen molar-refractivity contribution in [2.24, 2.45) is 5.92 Å². The Balaban J connectivity index is 2.31. The summed E-state index contributed by atoms with van der Waals surface area (Å²) in [5.41, 5.74) is 1.36. The summed E-state index contributed by atoms with van der Waals surface area (Å²) in [4.78, 5) is 0. The van der Waals surface area contributed by atoms with Crippen molar-refractivity contribution < 1.29 is 5.11 Å². The van der Waals surface area contributed by atoms with E-state index in [1.807, 2.05) is 0 Å². The fourth-order valence-corrected chi connectivity index (χ4v) is 1.68. The van der Waals surface area contributed by atoms with Crippen LogP contribution in [0, 0.1) is 5.92 Å². The predicted molar refractivity (Wildman–Crippen MR) is 47.4 cm³/mol. The van der Waals surface area contributed by atoms with Gasteiger partial charge in [-0.2, -0.15) is 0 Å². The highest BCUT2D eigenvalue weighted by Crippen LogP contribution is 2.28. The third-order valence-electron chi connectivity index (χ3n) is 2.45. The number of aliphatic hydroxyl groups excluding tert-OH is 1. The van der Waals surface area contributed by atoms with Gasteiger partial charge in [-0.25, -0.2) is 0 Å². The van der Waals surface area contributed by atoms with E-state index in [2.05, 4.69) is 19.9 Å². The summed E-state index contributed by atoms with van der Waals surface area (Å²) in [5.74, 6) is 0.546. The molecule has 0 aromatic heterocycles. The van der Waals surface area contributed by atoms with Gasteiger partial charge < -0.3 is 5.11 Å². The van der Waals surface area contributed by atoms with E-state index in [1.165, 1.54) is 18.4 Å². The monoisotopic (exact) mass is 154 g/mol. The number of aliphatic hydroxyl groups is 1. The maximum atomic E-state index is 9.47. The summed E-state index contributed by atoms with van der Waals surface area (Å²) < 4.78 is 0. The molecule has 1 aliphatic rings. The number of rotatable bonds is 2. The molecule has 0 aromatic carbocycles. The molecule has 64 valence electrons. The fraction of sp³-hybridized carbons (Fsp3) is 0.800. The molecule has 0 spiro atoms. The van der Waals surface area contributed by atoms with Gasteiger partial charge in [0.05, 0.1) is 6.10 Å². The van der Waals surface area contributed by atoms with Gasteiger partial charge in [-0.05, 0) is 39.0 Å².